The molecule has 29 heavy (non-hydrogen) atoms. The summed E-state index contributed by atoms with van der Waals surface area (Å²) in [6.07, 6.45) is 0. The molecule has 4 aromatic rings. The maximum atomic E-state index is 13.0. The smallest absolute Gasteiger partial charge is 0.281 e. The van der Waals surface area contributed by atoms with E-state index in [0.717, 1.165) is 16.9 Å². The highest BCUT2D eigenvalue weighted by atomic mass is 16.5. The van der Waals surface area contributed by atoms with Crippen molar-refractivity contribution in [1.29, 1.82) is 0 Å². The number of ether oxygens (including phenoxy) is 1. The zero-order valence-corrected chi connectivity index (χ0v) is 15.9. The van der Waals surface area contributed by atoms with Crippen molar-refractivity contribution >= 4 is 11.9 Å². The first-order valence-electron chi connectivity index (χ1n) is 9.23. The minimum absolute atomic E-state index is 0.242. The van der Waals surface area contributed by atoms with Crippen LogP contribution in [0.3, 0.4) is 0 Å². The van der Waals surface area contributed by atoms with Gasteiger partial charge < -0.3 is 10.1 Å². The molecule has 0 aliphatic carbocycles. The molecule has 0 aliphatic rings. The lowest BCUT2D eigenvalue weighted by atomic mass is 10.2. The van der Waals surface area contributed by atoms with Gasteiger partial charge in [-0.25, -0.2) is 0 Å². The second-order valence-corrected chi connectivity index (χ2v) is 6.41. The normalized spacial score (nSPS) is 10.5. The number of nitrogens with one attached hydrogen (secondary N) is 1. The van der Waals surface area contributed by atoms with Crippen molar-refractivity contribution < 1.29 is 9.53 Å². The van der Waals surface area contributed by atoms with Gasteiger partial charge in [0.1, 0.15) is 5.75 Å². The maximum absolute atomic E-state index is 13.0. The van der Waals surface area contributed by atoms with E-state index in [-0.39, 0.29) is 5.91 Å². The summed E-state index contributed by atoms with van der Waals surface area (Å²) >= 11 is 0. The van der Waals surface area contributed by atoms with Crippen molar-refractivity contribution in [2.75, 3.05) is 12.4 Å². The van der Waals surface area contributed by atoms with Gasteiger partial charge in [-0.3, -0.25) is 4.79 Å². The zero-order chi connectivity index (χ0) is 20.1. The summed E-state index contributed by atoms with van der Waals surface area (Å²) in [5, 5.41) is 7.71. The fourth-order valence-corrected chi connectivity index (χ4v) is 2.91. The third-order valence-electron chi connectivity index (χ3n) is 4.46. The minimum Gasteiger partial charge on any atom is -0.497 e. The Hall–Kier alpha value is -3.93. The highest BCUT2D eigenvalue weighted by molar-refractivity contribution is 5.97. The molecule has 144 valence electrons. The summed E-state index contributed by atoms with van der Waals surface area (Å²) in [7, 11) is 1.62. The van der Waals surface area contributed by atoms with Gasteiger partial charge in [0.25, 0.3) is 5.91 Å². The van der Waals surface area contributed by atoms with Gasteiger partial charge in [-0.1, -0.05) is 48.5 Å². The lowest BCUT2D eigenvalue weighted by molar-refractivity contribution is 0.0947. The van der Waals surface area contributed by atoms with E-state index in [1.807, 2.05) is 72.8 Å². The third kappa shape index (κ3) is 4.16. The quantitative estimate of drug-likeness (QED) is 0.538. The van der Waals surface area contributed by atoms with Crippen molar-refractivity contribution in [3.8, 4) is 17.1 Å². The molecule has 0 bridgehead atoms. The fourth-order valence-electron chi connectivity index (χ4n) is 2.91. The van der Waals surface area contributed by atoms with E-state index in [4.69, 9.17) is 4.74 Å². The largest absolute Gasteiger partial charge is 0.497 e. The van der Waals surface area contributed by atoms with Crippen LogP contribution >= 0.6 is 0 Å². The molecule has 1 N–H and O–H groups in total. The van der Waals surface area contributed by atoms with Crippen LogP contribution in [0.25, 0.3) is 11.4 Å². The second-order valence-electron chi connectivity index (χ2n) is 6.41. The number of nitrogens with zero attached hydrogens (tertiary/aromatic N) is 3. The molecule has 0 saturated heterocycles. The van der Waals surface area contributed by atoms with Crippen molar-refractivity contribution in [3.05, 3.63) is 96.1 Å². The molecule has 3 aromatic carbocycles. The standard InChI is InChI=1S/C23H20N4O2/c1-29-20-14-12-18(13-15-20)21-25-23(24-16-17-8-4-2-5-9-17)27(26-21)22(28)19-10-6-3-7-11-19/h2-15H,16H2,1H3,(H,24,25,26). The number of carbonyl (C=O) groups excluding carboxylic acids is 1. The molecule has 1 aromatic heterocycles. The van der Waals surface area contributed by atoms with Crippen molar-refractivity contribution in [3.63, 3.8) is 0 Å². The Balaban J connectivity index is 1.68. The highest BCUT2D eigenvalue weighted by Gasteiger charge is 2.18. The Morgan fingerprint density at radius 2 is 1.59 bits per heavy atom. The van der Waals surface area contributed by atoms with Gasteiger partial charge in [0.15, 0.2) is 5.82 Å². The van der Waals surface area contributed by atoms with Crippen LogP contribution < -0.4 is 10.1 Å². The molecular weight excluding hydrogens is 364 g/mol. The summed E-state index contributed by atoms with van der Waals surface area (Å²) in [5.41, 5.74) is 2.43. The average Bonchev–Trinajstić information content (AvgIpc) is 3.23. The molecule has 0 fully saturated rings. The number of carbonyl (C=O) groups is 1. The molecule has 0 unspecified atom stereocenters. The lowest BCUT2D eigenvalue weighted by Crippen LogP contribution is -2.17. The Bertz CT molecular complexity index is 1090. The van der Waals surface area contributed by atoms with Crippen LogP contribution in [-0.2, 0) is 6.54 Å². The summed E-state index contributed by atoms with van der Waals surface area (Å²) in [4.78, 5) is 17.6. The third-order valence-corrected chi connectivity index (χ3v) is 4.46. The number of aromatic nitrogens is 3. The van der Waals surface area contributed by atoms with Crippen LogP contribution in [0, 0.1) is 0 Å². The topological polar surface area (TPSA) is 69.0 Å². The van der Waals surface area contributed by atoms with Crippen molar-refractivity contribution in [2.24, 2.45) is 0 Å². The number of benzene rings is 3. The molecule has 0 amide bonds. The Morgan fingerprint density at radius 1 is 0.931 bits per heavy atom. The molecule has 4 rings (SSSR count). The van der Waals surface area contributed by atoms with Gasteiger partial charge >= 0.3 is 0 Å². The Kier molecular flexibility index (Phi) is 5.33. The molecular formula is C23H20N4O2. The summed E-state index contributed by atoms with van der Waals surface area (Å²) in [6.45, 7) is 0.531. The zero-order valence-electron chi connectivity index (χ0n) is 15.9. The van der Waals surface area contributed by atoms with Crippen LogP contribution in [0.15, 0.2) is 84.9 Å². The van der Waals surface area contributed by atoms with Gasteiger partial charge in [0.05, 0.1) is 7.11 Å². The maximum Gasteiger partial charge on any atom is 0.281 e. The van der Waals surface area contributed by atoms with E-state index in [2.05, 4.69) is 15.4 Å². The van der Waals surface area contributed by atoms with Gasteiger partial charge in [0.2, 0.25) is 5.95 Å². The summed E-state index contributed by atoms with van der Waals surface area (Å²) in [5.74, 6) is 1.37. The van der Waals surface area contributed by atoms with Gasteiger partial charge in [0, 0.05) is 17.7 Å². The number of hydrogen-bond acceptors (Lipinski definition) is 5. The summed E-state index contributed by atoms with van der Waals surface area (Å²) < 4.78 is 6.52. The molecule has 0 aliphatic heterocycles. The first kappa shape index (κ1) is 18.4. The first-order chi connectivity index (χ1) is 14.2. The molecule has 0 atom stereocenters. The van der Waals surface area contributed by atoms with Crippen LogP contribution in [-0.4, -0.2) is 27.8 Å². The predicted molar refractivity (Wildman–Crippen MR) is 112 cm³/mol. The second kappa shape index (κ2) is 8.39. The van der Waals surface area contributed by atoms with Crippen LogP contribution in [0.5, 0.6) is 5.75 Å². The van der Waals surface area contributed by atoms with Crippen molar-refractivity contribution in [2.45, 2.75) is 6.54 Å². The number of hydrogen-bond donors (Lipinski definition) is 1. The van der Waals surface area contributed by atoms with E-state index in [9.17, 15) is 4.79 Å². The Labute approximate surface area is 168 Å². The van der Waals surface area contributed by atoms with Gasteiger partial charge in [-0.05, 0) is 42.0 Å². The van der Waals surface area contributed by atoms with Crippen molar-refractivity contribution in [1.82, 2.24) is 14.8 Å². The van der Waals surface area contributed by atoms with Crippen LogP contribution in [0.4, 0.5) is 5.95 Å². The van der Waals surface area contributed by atoms with Crippen LogP contribution in [0.1, 0.15) is 15.9 Å². The fraction of sp³-hybridized carbons (Fsp3) is 0.0870. The van der Waals surface area contributed by atoms with E-state index in [1.54, 1.807) is 19.2 Å². The number of methoxy groups -OCH3 is 1. The molecule has 6 nitrogen and oxygen atoms in total. The SMILES string of the molecule is COc1ccc(-c2nc(NCc3ccccc3)n(C(=O)c3ccccc3)n2)cc1. The average molecular weight is 384 g/mol. The van der Waals surface area contributed by atoms with E-state index in [1.165, 1.54) is 4.68 Å². The molecule has 0 saturated carbocycles. The van der Waals surface area contributed by atoms with E-state index < -0.39 is 0 Å². The summed E-state index contributed by atoms with van der Waals surface area (Å²) in [6, 6.07) is 26.4. The highest BCUT2D eigenvalue weighted by Crippen LogP contribution is 2.22. The minimum atomic E-state index is -0.242. The van der Waals surface area contributed by atoms with E-state index >= 15 is 0 Å². The molecule has 6 heteroatoms. The number of anilines is 1. The Morgan fingerprint density at radius 3 is 2.24 bits per heavy atom. The first-order valence-corrected chi connectivity index (χ1v) is 9.23. The molecule has 1 heterocycles. The predicted octanol–water partition coefficient (Wildman–Crippen LogP) is 4.25. The van der Waals surface area contributed by atoms with Gasteiger partial charge in [-0.2, -0.15) is 9.67 Å². The monoisotopic (exact) mass is 384 g/mol. The van der Waals surface area contributed by atoms with Gasteiger partial charge in [-0.15, -0.1) is 5.10 Å². The van der Waals surface area contributed by atoms with E-state index in [0.29, 0.717) is 23.9 Å². The van der Waals surface area contributed by atoms with Crippen LogP contribution in [0.2, 0.25) is 0 Å². The number of rotatable bonds is 6. The lowest BCUT2D eigenvalue weighted by Gasteiger charge is -2.07. The molecule has 0 spiro atoms. The molecule has 0 radical (unpaired) electrons.